The van der Waals surface area contributed by atoms with E-state index < -0.39 is 86.8 Å². The van der Waals surface area contributed by atoms with Crippen LogP contribution in [0.5, 0.6) is 0 Å². The Labute approximate surface area is 355 Å². The van der Waals surface area contributed by atoms with Crippen molar-refractivity contribution in [3.63, 3.8) is 0 Å². The lowest BCUT2D eigenvalue weighted by Gasteiger charge is -2.46. The average Bonchev–Trinajstić information content (AvgIpc) is 3.23. The second kappa shape index (κ2) is 33.3. The quantitative estimate of drug-likeness (QED) is 0.0308. The Hall–Kier alpha value is -1.27. The summed E-state index contributed by atoms with van der Waals surface area (Å²) in [5.74, 6) is -0.219. The van der Waals surface area contributed by atoms with Crippen molar-refractivity contribution >= 4 is 5.91 Å². The number of carbonyl (C=O) groups excluding carboxylic acids is 1. The molecule has 0 spiro atoms. The van der Waals surface area contributed by atoms with Gasteiger partial charge in [-0.2, -0.15) is 0 Å². The maximum atomic E-state index is 13.1. The van der Waals surface area contributed by atoms with Gasteiger partial charge in [0.15, 0.2) is 12.6 Å². The molecule has 2 rings (SSSR count). The van der Waals surface area contributed by atoms with E-state index in [2.05, 4.69) is 31.3 Å². The smallest absolute Gasteiger partial charge is 0.220 e. The minimum absolute atomic E-state index is 0.219. The minimum atomic E-state index is -1.78. The van der Waals surface area contributed by atoms with Crippen LogP contribution in [0.25, 0.3) is 0 Å². The van der Waals surface area contributed by atoms with Gasteiger partial charge in [0.1, 0.15) is 48.8 Å². The number of amides is 1. The summed E-state index contributed by atoms with van der Waals surface area (Å²) >= 11 is 0. The Balaban J connectivity index is 1.87. The van der Waals surface area contributed by atoms with Crippen LogP contribution in [-0.2, 0) is 23.7 Å². The predicted octanol–water partition coefficient (Wildman–Crippen LogP) is 4.82. The molecule has 2 aliphatic rings. The molecule has 2 aliphatic heterocycles. The van der Waals surface area contributed by atoms with E-state index in [4.69, 9.17) is 18.9 Å². The van der Waals surface area contributed by atoms with Crippen molar-refractivity contribution in [3.05, 3.63) is 12.2 Å². The number of aliphatic hydroxyl groups is 8. The topological polar surface area (TPSA) is 228 Å². The number of nitrogens with one attached hydrogen (secondary N) is 1. The SMILES string of the molecule is CCC/C=C\CCCCCCCC(=O)NC(COC1OC(CO)C(OC2OC(CO)C(O)C(O)C2O)C(O)C1O)C(O)CCCCCCCCCCCCCCCCC. The molecule has 1 amide bonds. The number of hydrogen-bond donors (Lipinski definition) is 9. The third-order valence-electron chi connectivity index (χ3n) is 11.7. The van der Waals surface area contributed by atoms with Crippen LogP contribution in [0.1, 0.15) is 174 Å². The third kappa shape index (κ3) is 21.6. The van der Waals surface area contributed by atoms with Gasteiger partial charge in [0, 0.05) is 6.42 Å². The predicted molar refractivity (Wildman–Crippen MR) is 226 cm³/mol. The molecule has 12 unspecified atom stereocenters. The molecule has 9 N–H and O–H groups in total. The van der Waals surface area contributed by atoms with Gasteiger partial charge in [0.05, 0.1) is 32.0 Å². The summed E-state index contributed by atoms with van der Waals surface area (Å²) in [5, 5.41) is 86.6. The molecule has 0 aliphatic carbocycles. The molecule has 59 heavy (non-hydrogen) atoms. The van der Waals surface area contributed by atoms with Gasteiger partial charge in [-0.1, -0.05) is 148 Å². The molecule has 2 fully saturated rings. The van der Waals surface area contributed by atoms with Gasteiger partial charge in [-0.15, -0.1) is 0 Å². The van der Waals surface area contributed by atoms with Crippen LogP contribution >= 0.6 is 0 Å². The van der Waals surface area contributed by atoms with Crippen LogP contribution in [0.4, 0.5) is 0 Å². The second-order valence-corrected chi connectivity index (χ2v) is 16.9. The molecule has 14 heteroatoms. The van der Waals surface area contributed by atoms with Crippen LogP contribution < -0.4 is 5.32 Å². The number of ether oxygens (including phenoxy) is 4. The zero-order valence-corrected chi connectivity index (χ0v) is 36.5. The first-order chi connectivity index (χ1) is 28.6. The van der Waals surface area contributed by atoms with Gasteiger partial charge in [-0.05, 0) is 32.1 Å². The monoisotopic (exact) mass is 848 g/mol. The van der Waals surface area contributed by atoms with Crippen LogP contribution in [0.15, 0.2) is 12.2 Å². The average molecular weight is 848 g/mol. The van der Waals surface area contributed by atoms with Crippen molar-refractivity contribution < 1.29 is 64.6 Å². The van der Waals surface area contributed by atoms with Gasteiger partial charge in [-0.3, -0.25) is 4.79 Å². The molecule has 2 saturated heterocycles. The van der Waals surface area contributed by atoms with Crippen molar-refractivity contribution in [1.29, 1.82) is 0 Å². The van der Waals surface area contributed by atoms with E-state index in [9.17, 15) is 45.6 Å². The molecule has 2 heterocycles. The van der Waals surface area contributed by atoms with E-state index >= 15 is 0 Å². The summed E-state index contributed by atoms with van der Waals surface area (Å²) in [4.78, 5) is 13.1. The summed E-state index contributed by atoms with van der Waals surface area (Å²) < 4.78 is 22.7. The first kappa shape index (κ1) is 53.9. The molecule has 0 saturated carbocycles. The third-order valence-corrected chi connectivity index (χ3v) is 11.7. The Morgan fingerprint density at radius 2 is 1.10 bits per heavy atom. The highest BCUT2D eigenvalue weighted by molar-refractivity contribution is 5.76. The van der Waals surface area contributed by atoms with E-state index in [1.54, 1.807) is 0 Å². The highest BCUT2D eigenvalue weighted by Crippen LogP contribution is 2.30. The van der Waals surface area contributed by atoms with E-state index in [0.29, 0.717) is 19.3 Å². The Kier molecular flexibility index (Phi) is 30.4. The van der Waals surface area contributed by atoms with Gasteiger partial charge in [0.25, 0.3) is 0 Å². The van der Waals surface area contributed by atoms with Gasteiger partial charge in [-0.25, -0.2) is 0 Å². The Bertz CT molecular complexity index is 1050. The number of aliphatic hydroxyl groups excluding tert-OH is 8. The number of allylic oxidation sites excluding steroid dienone is 2. The zero-order valence-electron chi connectivity index (χ0n) is 36.5. The van der Waals surface area contributed by atoms with Crippen molar-refractivity contribution in [2.75, 3.05) is 19.8 Å². The fourth-order valence-electron chi connectivity index (χ4n) is 7.83. The van der Waals surface area contributed by atoms with Crippen LogP contribution in [-0.4, -0.2) is 140 Å². The van der Waals surface area contributed by atoms with Crippen LogP contribution in [0, 0.1) is 0 Å². The van der Waals surface area contributed by atoms with E-state index in [1.807, 2.05) is 0 Å². The lowest BCUT2D eigenvalue weighted by atomic mass is 9.97. The van der Waals surface area contributed by atoms with E-state index in [-0.39, 0.29) is 12.5 Å². The Morgan fingerprint density at radius 1 is 0.593 bits per heavy atom. The molecular formula is C45H85NO13. The number of carbonyl (C=O) groups is 1. The maximum Gasteiger partial charge on any atom is 0.220 e. The molecular weight excluding hydrogens is 762 g/mol. The summed E-state index contributed by atoms with van der Waals surface area (Å²) in [7, 11) is 0. The summed E-state index contributed by atoms with van der Waals surface area (Å²) in [6.45, 7) is 2.76. The molecule has 0 aromatic rings. The zero-order chi connectivity index (χ0) is 43.3. The summed E-state index contributed by atoms with van der Waals surface area (Å²) in [6, 6.07) is -0.826. The lowest BCUT2D eigenvalue weighted by Crippen LogP contribution is -2.65. The van der Waals surface area contributed by atoms with Crippen molar-refractivity contribution in [2.45, 2.75) is 248 Å². The largest absolute Gasteiger partial charge is 0.394 e. The fraction of sp³-hybridized carbons (Fsp3) is 0.933. The van der Waals surface area contributed by atoms with E-state index in [1.165, 1.54) is 70.6 Å². The molecule has 348 valence electrons. The first-order valence-electron chi connectivity index (χ1n) is 23.4. The molecule has 0 bridgehead atoms. The molecule has 0 aromatic carbocycles. The lowest BCUT2D eigenvalue weighted by molar-refractivity contribution is -0.359. The highest BCUT2D eigenvalue weighted by atomic mass is 16.7. The molecule has 0 aromatic heterocycles. The van der Waals surface area contributed by atoms with Crippen molar-refractivity contribution in [1.82, 2.24) is 5.32 Å². The van der Waals surface area contributed by atoms with Gasteiger partial charge >= 0.3 is 0 Å². The van der Waals surface area contributed by atoms with Gasteiger partial charge < -0.3 is 65.1 Å². The summed E-state index contributed by atoms with van der Waals surface area (Å²) in [6.07, 6.45) is 15.1. The number of unbranched alkanes of at least 4 members (excludes halogenated alkanes) is 20. The van der Waals surface area contributed by atoms with Crippen molar-refractivity contribution in [3.8, 4) is 0 Å². The summed E-state index contributed by atoms with van der Waals surface area (Å²) in [5.41, 5.74) is 0. The maximum absolute atomic E-state index is 13.1. The Morgan fingerprint density at radius 3 is 1.68 bits per heavy atom. The van der Waals surface area contributed by atoms with Crippen molar-refractivity contribution in [2.24, 2.45) is 0 Å². The fourth-order valence-corrected chi connectivity index (χ4v) is 7.83. The van der Waals surface area contributed by atoms with E-state index in [0.717, 1.165) is 70.6 Å². The molecule has 0 radical (unpaired) electrons. The molecule has 14 nitrogen and oxygen atoms in total. The number of hydrogen-bond acceptors (Lipinski definition) is 13. The number of rotatable bonds is 35. The highest BCUT2D eigenvalue weighted by Gasteiger charge is 2.51. The second-order valence-electron chi connectivity index (χ2n) is 16.9. The standard InChI is InChI=1S/C45H85NO13/c1-3-5-7-9-11-13-15-16-17-18-19-20-22-24-26-28-34(49)33(46-37(50)29-27-25-23-21-14-12-10-8-6-4-2)32-56-44-42(55)40(53)43(36(31-48)58-44)59-45-41(54)39(52)38(51)35(30-47)57-45/h8,10,33-36,38-45,47-49,51-55H,3-7,9,11-32H2,1-2H3,(H,46,50)/b10-8-. The van der Waals surface area contributed by atoms with Crippen LogP contribution in [0.3, 0.4) is 0 Å². The minimum Gasteiger partial charge on any atom is -0.394 e. The van der Waals surface area contributed by atoms with Gasteiger partial charge in [0.2, 0.25) is 5.91 Å². The molecule has 12 atom stereocenters. The first-order valence-corrected chi connectivity index (χ1v) is 23.4. The van der Waals surface area contributed by atoms with Crippen LogP contribution in [0.2, 0.25) is 0 Å². The normalized spacial score (nSPS) is 28.6.